The van der Waals surface area contributed by atoms with Crippen molar-refractivity contribution in [1.29, 1.82) is 0 Å². The molecule has 0 amide bonds. The van der Waals surface area contributed by atoms with Crippen LogP contribution in [0.3, 0.4) is 0 Å². The first kappa shape index (κ1) is 20.2. The van der Waals surface area contributed by atoms with Crippen molar-refractivity contribution < 1.29 is 4.74 Å². The summed E-state index contributed by atoms with van der Waals surface area (Å²) in [5.74, 6) is 1.55. The molecule has 1 fully saturated rings. The quantitative estimate of drug-likeness (QED) is 0.408. The van der Waals surface area contributed by atoms with E-state index in [1.807, 2.05) is 18.2 Å². The number of rotatable bonds is 4. The second-order valence-corrected chi connectivity index (χ2v) is 9.17. The number of alkyl halides is 1. The van der Waals surface area contributed by atoms with Crippen LogP contribution in [0.1, 0.15) is 12.8 Å². The number of halogens is 2. The number of benzene rings is 1. The van der Waals surface area contributed by atoms with E-state index in [1.54, 1.807) is 23.9 Å². The minimum Gasteiger partial charge on any atom is -0.491 e. The Kier molecular flexibility index (Phi) is 5.82. The van der Waals surface area contributed by atoms with Gasteiger partial charge in [-0.05, 0) is 37.1 Å². The number of aryl methyl sites for hydroxylation is 1. The molecule has 0 radical (unpaired) electrons. The Bertz CT molecular complexity index is 1110. The fraction of sp³-hybridized carbons (Fsp3) is 0.350. The van der Waals surface area contributed by atoms with E-state index in [-0.39, 0.29) is 5.56 Å². The molecule has 152 valence electrons. The number of pyridine rings is 1. The van der Waals surface area contributed by atoms with E-state index < -0.39 is 0 Å². The van der Waals surface area contributed by atoms with Crippen molar-refractivity contribution in [1.82, 2.24) is 14.5 Å². The molecule has 3 aromatic rings. The van der Waals surface area contributed by atoms with Crippen molar-refractivity contribution in [3.63, 3.8) is 0 Å². The second kappa shape index (κ2) is 8.35. The lowest BCUT2D eigenvalue weighted by Gasteiger charge is -2.29. The number of piperidine rings is 1. The third-order valence-corrected chi connectivity index (χ3v) is 6.63. The Balaban J connectivity index is 1.65. The third kappa shape index (κ3) is 4.13. The molecule has 1 saturated heterocycles. The molecule has 3 heterocycles. The van der Waals surface area contributed by atoms with Gasteiger partial charge in [-0.25, -0.2) is 4.98 Å². The molecule has 0 saturated carbocycles. The normalized spacial score (nSPS) is 15.0. The predicted octanol–water partition coefficient (Wildman–Crippen LogP) is 4.14. The number of aromatic nitrogens is 3. The van der Waals surface area contributed by atoms with Crippen LogP contribution in [0.25, 0.3) is 10.9 Å². The highest BCUT2D eigenvalue weighted by Crippen LogP contribution is 2.29. The Labute approximate surface area is 187 Å². The third-order valence-electron chi connectivity index (χ3n) is 5.11. The average molecular weight is 526 g/mol. The molecule has 1 aliphatic heterocycles. The average Bonchev–Trinajstić information content (AvgIpc) is 2.73. The first-order valence-electron chi connectivity index (χ1n) is 9.32. The van der Waals surface area contributed by atoms with E-state index >= 15 is 0 Å². The lowest BCUT2D eigenvalue weighted by molar-refractivity contribution is 0.406. The molecule has 9 heteroatoms. The molecule has 29 heavy (non-hydrogen) atoms. The van der Waals surface area contributed by atoms with Crippen molar-refractivity contribution in [2.75, 3.05) is 30.4 Å². The van der Waals surface area contributed by atoms with Crippen LogP contribution in [0.2, 0.25) is 5.02 Å². The van der Waals surface area contributed by atoms with E-state index in [1.165, 1.54) is 7.11 Å². The number of hydrogen-bond donors (Lipinski definition) is 1. The topological polar surface area (TPSA) is 72.3 Å². The summed E-state index contributed by atoms with van der Waals surface area (Å²) in [6.07, 6.45) is 3.89. The van der Waals surface area contributed by atoms with Crippen LogP contribution in [0.15, 0.2) is 35.3 Å². The molecular formula is C20H21ClIN5O2. The highest BCUT2D eigenvalue weighted by Gasteiger charge is 2.20. The smallest absolute Gasteiger partial charge is 0.293 e. The van der Waals surface area contributed by atoms with Crippen LogP contribution >= 0.6 is 34.2 Å². The summed E-state index contributed by atoms with van der Waals surface area (Å²) in [5.41, 5.74) is 1.47. The van der Waals surface area contributed by atoms with Crippen molar-refractivity contribution >= 4 is 62.5 Å². The Morgan fingerprint density at radius 1 is 1.28 bits per heavy atom. The van der Waals surface area contributed by atoms with Crippen LogP contribution in [0, 0.1) is 0 Å². The molecule has 0 spiro atoms. The van der Waals surface area contributed by atoms with E-state index in [0.29, 0.717) is 26.5 Å². The molecule has 4 rings (SSSR count). The van der Waals surface area contributed by atoms with Gasteiger partial charge in [-0.3, -0.25) is 4.79 Å². The largest absolute Gasteiger partial charge is 0.491 e. The maximum absolute atomic E-state index is 12.2. The molecule has 0 atom stereocenters. The summed E-state index contributed by atoms with van der Waals surface area (Å²) in [5, 5.41) is 4.62. The van der Waals surface area contributed by atoms with E-state index in [4.69, 9.17) is 16.3 Å². The molecule has 7 nitrogen and oxygen atoms in total. The molecule has 1 aromatic carbocycles. The number of fused-ring (bicyclic) bond motifs is 1. The maximum Gasteiger partial charge on any atom is 0.293 e. The van der Waals surface area contributed by atoms with Gasteiger partial charge in [0, 0.05) is 35.1 Å². The standard InChI is InChI=1S/C20H21ClIN5O2/c1-26-16-4-3-14(9-12(16)10-17(29-2)19(26)28)24-18-15(21)11-23-20(25-18)27-7-5-13(22)6-8-27/h3-4,9-11,13H,5-8H2,1-2H3,(H,23,24,25). The van der Waals surface area contributed by atoms with Crippen LogP contribution in [0.4, 0.5) is 17.5 Å². The predicted molar refractivity (Wildman–Crippen MR) is 125 cm³/mol. The minimum absolute atomic E-state index is 0.167. The van der Waals surface area contributed by atoms with Gasteiger partial charge >= 0.3 is 0 Å². The summed E-state index contributed by atoms with van der Waals surface area (Å²) in [4.78, 5) is 23.5. The number of ether oxygens (including phenoxy) is 1. The summed E-state index contributed by atoms with van der Waals surface area (Å²) in [6.45, 7) is 1.89. The van der Waals surface area contributed by atoms with Gasteiger partial charge in [0.25, 0.3) is 5.56 Å². The molecule has 0 bridgehead atoms. The molecule has 0 unspecified atom stereocenters. The lowest BCUT2D eigenvalue weighted by atomic mass is 10.1. The Hall–Kier alpha value is -2.07. The fourth-order valence-electron chi connectivity index (χ4n) is 3.46. The van der Waals surface area contributed by atoms with E-state index in [9.17, 15) is 4.79 Å². The van der Waals surface area contributed by atoms with Gasteiger partial charge in [-0.1, -0.05) is 34.2 Å². The minimum atomic E-state index is -0.167. The van der Waals surface area contributed by atoms with Gasteiger partial charge in [0.05, 0.1) is 18.8 Å². The highest BCUT2D eigenvalue weighted by atomic mass is 127. The number of methoxy groups -OCH3 is 1. The number of anilines is 3. The maximum atomic E-state index is 12.2. The Morgan fingerprint density at radius 2 is 2.03 bits per heavy atom. The van der Waals surface area contributed by atoms with Crippen molar-refractivity contribution in [2.45, 2.75) is 16.8 Å². The van der Waals surface area contributed by atoms with Gasteiger partial charge in [0.15, 0.2) is 11.6 Å². The van der Waals surface area contributed by atoms with Crippen molar-refractivity contribution in [3.8, 4) is 5.75 Å². The molecular weight excluding hydrogens is 505 g/mol. The van der Waals surface area contributed by atoms with Gasteiger partial charge < -0.3 is 19.5 Å². The SMILES string of the molecule is COc1cc2cc(Nc3nc(N4CCC(I)CC4)ncc3Cl)ccc2n(C)c1=O. The molecule has 1 aliphatic rings. The Morgan fingerprint density at radius 3 is 2.76 bits per heavy atom. The fourth-order valence-corrected chi connectivity index (χ4v) is 4.16. The zero-order chi connectivity index (χ0) is 20.5. The van der Waals surface area contributed by atoms with E-state index in [0.717, 1.165) is 42.5 Å². The molecule has 2 aromatic heterocycles. The van der Waals surface area contributed by atoms with Gasteiger partial charge in [-0.2, -0.15) is 4.98 Å². The number of hydrogen-bond acceptors (Lipinski definition) is 6. The van der Waals surface area contributed by atoms with Crippen LogP contribution in [-0.2, 0) is 7.05 Å². The number of nitrogens with one attached hydrogen (secondary N) is 1. The lowest BCUT2D eigenvalue weighted by Crippen LogP contribution is -2.35. The van der Waals surface area contributed by atoms with Gasteiger partial charge in [-0.15, -0.1) is 0 Å². The first-order valence-corrected chi connectivity index (χ1v) is 10.9. The summed E-state index contributed by atoms with van der Waals surface area (Å²) < 4.78 is 7.48. The molecule has 1 N–H and O–H groups in total. The number of nitrogens with zero attached hydrogens (tertiary/aromatic N) is 4. The van der Waals surface area contributed by atoms with Crippen molar-refractivity contribution in [3.05, 3.63) is 45.8 Å². The zero-order valence-corrected chi connectivity index (χ0v) is 19.1. The first-order chi connectivity index (χ1) is 14.0. The molecule has 0 aliphatic carbocycles. The van der Waals surface area contributed by atoms with Crippen LogP contribution in [-0.4, -0.2) is 38.7 Å². The van der Waals surface area contributed by atoms with E-state index in [2.05, 4.69) is 42.8 Å². The van der Waals surface area contributed by atoms with Crippen molar-refractivity contribution in [2.24, 2.45) is 7.05 Å². The van der Waals surface area contributed by atoms with Gasteiger partial charge in [0.1, 0.15) is 5.02 Å². The van der Waals surface area contributed by atoms with Gasteiger partial charge in [0.2, 0.25) is 5.95 Å². The zero-order valence-electron chi connectivity index (χ0n) is 16.2. The second-order valence-electron chi connectivity index (χ2n) is 7.00. The van der Waals surface area contributed by atoms with Crippen LogP contribution < -0.4 is 20.5 Å². The summed E-state index contributed by atoms with van der Waals surface area (Å²) >= 11 is 8.85. The summed E-state index contributed by atoms with van der Waals surface area (Å²) in [6, 6.07) is 7.47. The van der Waals surface area contributed by atoms with Crippen LogP contribution in [0.5, 0.6) is 5.75 Å². The summed E-state index contributed by atoms with van der Waals surface area (Å²) in [7, 11) is 3.22. The highest BCUT2D eigenvalue weighted by molar-refractivity contribution is 14.1. The monoisotopic (exact) mass is 525 g/mol.